The van der Waals surface area contributed by atoms with E-state index in [1.165, 1.54) is 22.9 Å². The van der Waals surface area contributed by atoms with Gasteiger partial charge in [-0.15, -0.1) is 11.3 Å². The van der Waals surface area contributed by atoms with Gasteiger partial charge in [-0.2, -0.15) is 0 Å². The number of hydrogen-bond acceptors (Lipinski definition) is 4. The van der Waals surface area contributed by atoms with Crippen LogP contribution in [-0.4, -0.2) is 55.0 Å². The highest BCUT2D eigenvalue weighted by Gasteiger charge is 2.34. The number of fused-ring (bicyclic) bond motifs is 1. The molecule has 0 unspecified atom stereocenters. The predicted molar refractivity (Wildman–Crippen MR) is 107 cm³/mol. The molecule has 6 heteroatoms. The molecular weight excluding hydrogens is 360 g/mol. The van der Waals surface area contributed by atoms with Gasteiger partial charge in [0, 0.05) is 32.0 Å². The summed E-state index contributed by atoms with van der Waals surface area (Å²) in [6, 6.07) is 10.3. The molecule has 1 aliphatic rings. The van der Waals surface area contributed by atoms with Crippen molar-refractivity contribution in [1.82, 2.24) is 9.80 Å². The first-order chi connectivity index (χ1) is 13.0. The van der Waals surface area contributed by atoms with Crippen molar-refractivity contribution < 1.29 is 14.3 Å². The van der Waals surface area contributed by atoms with Crippen molar-refractivity contribution in [2.75, 3.05) is 33.4 Å². The van der Waals surface area contributed by atoms with Crippen molar-refractivity contribution in [2.24, 2.45) is 0 Å². The molecule has 0 spiro atoms. The molecule has 2 amide bonds. The highest BCUT2D eigenvalue weighted by Crippen LogP contribution is 2.38. The van der Waals surface area contributed by atoms with Crippen LogP contribution in [0.2, 0.25) is 0 Å². The van der Waals surface area contributed by atoms with Crippen LogP contribution >= 0.6 is 11.3 Å². The summed E-state index contributed by atoms with van der Waals surface area (Å²) in [6.45, 7) is 5.17. The van der Waals surface area contributed by atoms with Gasteiger partial charge in [0.25, 0.3) is 0 Å². The number of methoxy groups -OCH3 is 1. The zero-order valence-electron chi connectivity index (χ0n) is 16.1. The van der Waals surface area contributed by atoms with Gasteiger partial charge in [0.05, 0.1) is 19.2 Å². The SMILES string of the molecule is COCCN(CC(=O)N1CCc2sccc2[C@H]1c1ccccc1C)C(C)=O. The number of benzene rings is 1. The molecule has 1 aliphatic heterocycles. The molecule has 0 aliphatic carbocycles. The molecule has 0 saturated carbocycles. The van der Waals surface area contributed by atoms with Crippen LogP contribution < -0.4 is 0 Å². The maximum Gasteiger partial charge on any atom is 0.242 e. The Morgan fingerprint density at radius 1 is 1.26 bits per heavy atom. The van der Waals surface area contributed by atoms with Crippen molar-refractivity contribution in [1.29, 1.82) is 0 Å². The summed E-state index contributed by atoms with van der Waals surface area (Å²) in [5.74, 6) is -0.132. The molecule has 5 nitrogen and oxygen atoms in total. The lowest BCUT2D eigenvalue weighted by molar-refractivity contribution is -0.141. The highest BCUT2D eigenvalue weighted by atomic mass is 32.1. The second-order valence-electron chi connectivity index (χ2n) is 6.83. The Bertz CT molecular complexity index is 817. The van der Waals surface area contributed by atoms with Crippen molar-refractivity contribution >= 4 is 23.2 Å². The van der Waals surface area contributed by atoms with Gasteiger partial charge >= 0.3 is 0 Å². The zero-order valence-corrected chi connectivity index (χ0v) is 16.9. The largest absolute Gasteiger partial charge is 0.383 e. The van der Waals surface area contributed by atoms with Crippen LogP contribution in [0.15, 0.2) is 35.7 Å². The molecule has 1 aromatic carbocycles. The van der Waals surface area contributed by atoms with Gasteiger partial charge in [0.2, 0.25) is 11.8 Å². The van der Waals surface area contributed by atoms with Gasteiger partial charge in [0.15, 0.2) is 0 Å². The van der Waals surface area contributed by atoms with E-state index in [4.69, 9.17) is 4.74 Å². The first-order valence-electron chi connectivity index (χ1n) is 9.18. The fraction of sp³-hybridized carbons (Fsp3) is 0.429. The van der Waals surface area contributed by atoms with Crippen LogP contribution in [0.3, 0.4) is 0 Å². The number of thiophene rings is 1. The van der Waals surface area contributed by atoms with Crippen molar-refractivity contribution in [3.63, 3.8) is 0 Å². The molecule has 0 N–H and O–H groups in total. The summed E-state index contributed by atoms with van der Waals surface area (Å²) in [5.41, 5.74) is 3.53. The molecule has 1 aromatic heterocycles. The summed E-state index contributed by atoms with van der Waals surface area (Å²) in [7, 11) is 1.59. The van der Waals surface area contributed by atoms with Crippen LogP contribution in [-0.2, 0) is 20.7 Å². The molecule has 144 valence electrons. The first-order valence-corrected chi connectivity index (χ1v) is 10.1. The van der Waals surface area contributed by atoms with Crippen LogP contribution in [0.25, 0.3) is 0 Å². The summed E-state index contributed by atoms with van der Waals surface area (Å²) in [4.78, 5) is 30.0. The minimum atomic E-state index is -0.110. The summed E-state index contributed by atoms with van der Waals surface area (Å²) >= 11 is 1.75. The third kappa shape index (κ3) is 4.22. The van der Waals surface area contributed by atoms with Crippen LogP contribution in [0.5, 0.6) is 0 Å². The van der Waals surface area contributed by atoms with E-state index in [1.54, 1.807) is 23.3 Å². The molecule has 2 heterocycles. The maximum atomic E-state index is 13.2. The second-order valence-corrected chi connectivity index (χ2v) is 7.83. The van der Waals surface area contributed by atoms with E-state index in [2.05, 4.69) is 30.5 Å². The quantitative estimate of drug-likeness (QED) is 0.767. The Morgan fingerprint density at radius 2 is 2.04 bits per heavy atom. The zero-order chi connectivity index (χ0) is 19.4. The second kappa shape index (κ2) is 8.67. The molecule has 2 aromatic rings. The Balaban J connectivity index is 1.90. The van der Waals surface area contributed by atoms with E-state index >= 15 is 0 Å². The van der Waals surface area contributed by atoms with Gasteiger partial charge in [-0.05, 0) is 41.5 Å². The van der Waals surface area contributed by atoms with Crippen LogP contribution in [0.1, 0.15) is 34.5 Å². The number of ether oxygens (including phenoxy) is 1. The Kier molecular flexibility index (Phi) is 6.29. The van der Waals surface area contributed by atoms with E-state index in [0.29, 0.717) is 19.7 Å². The van der Waals surface area contributed by atoms with Crippen molar-refractivity contribution in [3.05, 3.63) is 57.3 Å². The van der Waals surface area contributed by atoms with Crippen molar-refractivity contribution in [2.45, 2.75) is 26.3 Å². The van der Waals surface area contributed by atoms with E-state index in [1.807, 2.05) is 17.0 Å². The molecule has 0 bridgehead atoms. The smallest absolute Gasteiger partial charge is 0.242 e. The molecular formula is C21H26N2O3S. The summed E-state index contributed by atoms with van der Waals surface area (Å²) in [6.07, 6.45) is 0.860. The van der Waals surface area contributed by atoms with E-state index in [0.717, 1.165) is 12.0 Å². The van der Waals surface area contributed by atoms with Crippen LogP contribution in [0.4, 0.5) is 0 Å². The predicted octanol–water partition coefficient (Wildman–Crippen LogP) is 3.03. The normalized spacial score (nSPS) is 16.1. The molecule has 3 rings (SSSR count). The average molecular weight is 387 g/mol. The Morgan fingerprint density at radius 3 is 2.74 bits per heavy atom. The van der Waals surface area contributed by atoms with Gasteiger partial charge in [0.1, 0.15) is 0 Å². The van der Waals surface area contributed by atoms with Gasteiger partial charge in [-0.25, -0.2) is 0 Å². The van der Waals surface area contributed by atoms with Gasteiger partial charge < -0.3 is 14.5 Å². The number of carbonyl (C=O) groups excluding carboxylic acids is 2. The Hall–Kier alpha value is -2.18. The number of hydrogen-bond donors (Lipinski definition) is 0. The molecule has 0 radical (unpaired) electrons. The highest BCUT2D eigenvalue weighted by molar-refractivity contribution is 7.10. The number of carbonyl (C=O) groups is 2. The van der Waals surface area contributed by atoms with E-state index < -0.39 is 0 Å². The monoisotopic (exact) mass is 386 g/mol. The Labute approximate surface area is 164 Å². The fourth-order valence-electron chi connectivity index (χ4n) is 3.62. The lowest BCUT2D eigenvalue weighted by atomic mass is 9.90. The number of amides is 2. The summed E-state index contributed by atoms with van der Waals surface area (Å²) < 4.78 is 5.07. The third-order valence-corrected chi connectivity index (χ3v) is 6.10. The molecule has 27 heavy (non-hydrogen) atoms. The molecule has 0 saturated heterocycles. The third-order valence-electron chi connectivity index (χ3n) is 5.11. The minimum Gasteiger partial charge on any atom is -0.383 e. The van der Waals surface area contributed by atoms with Crippen molar-refractivity contribution in [3.8, 4) is 0 Å². The maximum absolute atomic E-state index is 13.2. The lowest BCUT2D eigenvalue weighted by Crippen LogP contribution is -2.47. The minimum absolute atomic E-state index is 0.0218. The molecule has 1 atom stereocenters. The van der Waals surface area contributed by atoms with E-state index in [9.17, 15) is 9.59 Å². The van der Waals surface area contributed by atoms with Gasteiger partial charge in [-0.1, -0.05) is 24.3 Å². The standard InChI is InChI=1S/C21H26N2O3S/c1-15-6-4-5-7-17(15)21-18-9-13-27-19(18)8-10-23(21)20(25)14-22(16(2)24)11-12-26-3/h4-7,9,13,21H,8,10-12,14H2,1-3H3/t21-/m1/s1. The van der Waals surface area contributed by atoms with E-state index in [-0.39, 0.29) is 24.4 Å². The van der Waals surface area contributed by atoms with Gasteiger partial charge in [-0.3, -0.25) is 9.59 Å². The molecule has 0 fully saturated rings. The topological polar surface area (TPSA) is 49.9 Å². The first kappa shape index (κ1) is 19.6. The van der Waals surface area contributed by atoms with Crippen LogP contribution in [0, 0.1) is 6.92 Å². The number of rotatable bonds is 6. The fourth-order valence-corrected chi connectivity index (χ4v) is 4.52. The number of aryl methyl sites for hydroxylation is 1. The summed E-state index contributed by atoms with van der Waals surface area (Å²) in [5, 5.41) is 2.10. The lowest BCUT2D eigenvalue weighted by Gasteiger charge is -2.38. The number of nitrogens with zero attached hydrogens (tertiary/aromatic N) is 2. The average Bonchev–Trinajstić information content (AvgIpc) is 3.13.